The van der Waals surface area contributed by atoms with Gasteiger partial charge in [-0.2, -0.15) is 0 Å². The average molecular weight is 261 g/mol. The fourth-order valence-corrected chi connectivity index (χ4v) is 5.41. The van der Waals surface area contributed by atoms with Crippen molar-refractivity contribution in [3.8, 4) is 0 Å². The summed E-state index contributed by atoms with van der Waals surface area (Å²) in [5.74, 6) is 2.31. The molecule has 0 amide bonds. The Balaban J connectivity index is 1.84. The maximum absolute atomic E-state index is 11.4. The van der Waals surface area contributed by atoms with E-state index in [2.05, 4.69) is 10.2 Å². The number of hydrogen-bond acceptors (Lipinski definition) is 3. The molecule has 4 saturated carbocycles. The molecule has 0 aromatic carbocycles. The Bertz CT molecular complexity index is 514. The first-order valence-electron chi connectivity index (χ1n) is 7.23. The summed E-state index contributed by atoms with van der Waals surface area (Å²) in [6.07, 6.45) is 7.42. The highest BCUT2D eigenvalue weighted by Crippen LogP contribution is 2.59. The molecule has 102 valence electrons. The molecular formula is C14H19N3O2. The van der Waals surface area contributed by atoms with Gasteiger partial charge in [-0.05, 0) is 63.2 Å². The van der Waals surface area contributed by atoms with Gasteiger partial charge in [0.15, 0.2) is 0 Å². The van der Waals surface area contributed by atoms with Gasteiger partial charge in [0.25, 0.3) is 0 Å². The minimum atomic E-state index is -0.948. The smallest absolute Gasteiger partial charge is 0.374 e. The van der Waals surface area contributed by atoms with Crippen LogP contribution in [0.2, 0.25) is 0 Å². The summed E-state index contributed by atoms with van der Waals surface area (Å²) in [6, 6.07) is 0. The van der Waals surface area contributed by atoms with Crippen LogP contribution in [-0.2, 0) is 5.54 Å². The van der Waals surface area contributed by atoms with E-state index in [1.54, 1.807) is 0 Å². The topological polar surface area (TPSA) is 68.0 Å². The van der Waals surface area contributed by atoms with Crippen molar-refractivity contribution in [2.75, 3.05) is 0 Å². The van der Waals surface area contributed by atoms with Crippen LogP contribution in [0.4, 0.5) is 0 Å². The van der Waals surface area contributed by atoms with Gasteiger partial charge in [-0.25, -0.2) is 4.79 Å². The second kappa shape index (κ2) is 3.58. The third-order valence-corrected chi connectivity index (χ3v) is 5.50. The molecule has 1 heterocycles. The molecule has 0 radical (unpaired) electrons. The van der Waals surface area contributed by atoms with Crippen LogP contribution in [0.3, 0.4) is 0 Å². The van der Waals surface area contributed by atoms with E-state index < -0.39 is 5.97 Å². The fourth-order valence-electron chi connectivity index (χ4n) is 5.41. The van der Waals surface area contributed by atoms with E-state index in [1.807, 2.05) is 11.5 Å². The second-order valence-electron chi connectivity index (χ2n) is 6.85. The van der Waals surface area contributed by atoms with Gasteiger partial charge in [0.05, 0.1) is 0 Å². The predicted octanol–water partition coefficient (Wildman–Crippen LogP) is 2.21. The SMILES string of the molecule is Cc1nnc(C(=O)O)n1C12CC3CC(CC(C3)C1)C2. The number of carbonyl (C=O) groups is 1. The van der Waals surface area contributed by atoms with Crippen molar-refractivity contribution in [3.63, 3.8) is 0 Å². The zero-order chi connectivity index (χ0) is 13.2. The van der Waals surface area contributed by atoms with Crippen LogP contribution in [0.15, 0.2) is 0 Å². The molecule has 0 atom stereocenters. The molecule has 4 fully saturated rings. The van der Waals surface area contributed by atoms with Crippen LogP contribution in [0, 0.1) is 24.7 Å². The third-order valence-electron chi connectivity index (χ3n) is 5.50. The van der Waals surface area contributed by atoms with Gasteiger partial charge in [-0.3, -0.25) is 4.57 Å². The lowest BCUT2D eigenvalue weighted by atomic mass is 9.53. The number of aryl methyl sites for hydroxylation is 1. The van der Waals surface area contributed by atoms with Crippen molar-refractivity contribution in [3.05, 3.63) is 11.6 Å². The van der Waals surface area contributed by atoms with Gasteiger partial charge in [0.1, 0.15) is 5.82 Å². The van der Waals surface area contributed by atoms with Gasteiger partial charge in [0.2, 0.25) is 5.82 Å². The van der Waals surface area contributed by atoms with Gasteiger partial charge in [-0.1, -0.05) is 0 Å². The van der Waals surface area contributed by atoms with Crippen LogP contribution in [0.5, 0.6) is 0 Å². The van der Waals surface area contributed by atoms with Crippen LogP contribution >= 0.6 is 0 Å². The first-order valence-corrected chi connectivity index (χ1v) is 7.23. The maximum Gasteiger partial charge on any atom is 0.374 e. The highest BCUT2D eigenvalue weighted by atomic mass is 16.4. The Morgan fingerprint density at radius 1 is 1.16 bits per heavy atom. The Labute approximate surface area is 112 Å². The summed E-state index contributed by atoms with van der Waals surface area (Å²) in [7, 11) is 0. The number of carboxylic acid groups (broad SMARTS) is 1. The summed E-state index contributed by atoms with van der Waals surface area (Å²) in [5, 5.41) is 17.3. The molecule has 4 aliphatic carbocycles. The molecule has 0 spiro atoms. The first-order chi connectivity index (χ1) is 9.07. The van der Waals surface area contributed by atoms with E-state index in [0.717, 1.165) is 42.8 Å². The molecule has 4 bridgehead atoms. The number of aromatic carboxylic acids is 1. The van der Waals surface area contributed by atoms with Crippen molar-refractivity contribution in [2.45, 2.75) is 51.0 Å². The Morgan fingerprint density at radius 3 is 2.16 bits per heavy atom. The normalized spacial score (nSPS) is 39.7. The summed E-state index contributed by atoms with van der Waals surface area (Å²) in [5.41, 5.74) is -0.00391. The van der Waals surface area contributed by atoms with Crippen molar-refractivity contribution < 1.29 is 9.90 Å². The Kier molecular flexibility index (Phi) is 2.16. The van der Waals surface area contributed by atoms with Crippen LogP contribution in [-0.4, -0.2) is 25.8 Å². The Morgan fingerprint density at radius 2 is 1.68 bits per heavy atom. The summed E-state index contributed by atoms with van der Waals surface area (Å²) in [4.78, 5) is 11.4. The molecule has 0 saturated heterocycles. The minimum Gasteiger partial charge on any atom is -0.475 e. The van der Waals surface area contributed by atoms with E-state index in [4.69, 9.17) is 0 Å². The molecule has 0 unspecified atom stereocenters. The van der Waals surface area contributed by atoms with Crippen LogP contribution in [0.25, 0.3) is 0 Å². The van der Waals surface area contributed by atoms with Gasteiger partial charge in [0, 0.05) is 5.54 Å². The molecule has 4 aliphatic rings. The predicted molar refractivity (Wildman–Crippen MR) is 67.9 cm³/mol. The molecule has 1 N–H and O–H groups in total. The summed E-state index contributed by atoms with van der Waals surface area (Å²) in [6.45, 7) is 1.89. The number of nitrogens with zero attached hydrogens (tertiary/aromatic N) is 3. The van der Waals surface area contributed by atoms with Crippen LogP contribution < -0.4 is 0 Å². The van der Waals surface area contributed by atoms with E-state index >= 15 is 0 Å². The monoisotopic (exact) mass is 261 g/mol. The van der Waals surface area contributed by atoms with Gasteiger partial charge < -0.3 is 5.11 Å². The average Bonchev–Trinajstić information content (AvgIpc) is 2.70. The summed E-state index contributed by atoms with van der Waals surface area (Å²) < 4.78 is 1.96. The maximum atomic E-state index is 11.4. The zero-order valence-electron chi connectivity index (χ0n) is 11.2. The molecule has 1 aromatic rings. The van der Waals surface area contributed by atoms with Crippen molar-refractivity contribution >= 4 is 5.97 Å². The molecule has 19 heavy (non-hydrogen) atoms. The van der Waals surface area contributed by atoms with Crippen molar-refractivity contribution in [2.24, 2.45) is 17.8 Å². The number of aromatic nitrogens is 3. The molecule has 5 nitrogen and oxygen atoms in total. The molecule has 5 rings (SSSR count). The fraction of sp³-hybridized carbons (Fsp3) is 0.786. The number of rotatable bonds is 2. The standard InChI is InChI=1S/C14H19N3O2/c1-8-15-16-12(13(18)19)17(8)14-5-9-2-10(6-14)4-11(3-9)7-14/h9-11H,2-7H2,1H3,(H,18,19). The lowest BCUT2D eigenvalue weighted by Gasteiger charge is -2.57. The van der Waals surface area contributed by atoms with E-state index in [1.165, 1.54) is 19.3 Å². The minimum absolute atomic E-state index is 0.00391. The van der Waals surface area contributed by atoms with E-state index in [9.17, 15) is 9.90 Å². The second-order valence-corrected chi connectivity index (χ2v) is 6.85. The molecular weight excluding hydrogens is 242 g/mol. The first kappa shape index (κ1) is 11.4. The van der Waals surface area contributed by atoms with Gasteiger partial charge in [-0.15, -0.1) is 10.2 Å². The lowest BCUT2D eigenvalue weighted by molar-refractivity contribution is -0.0456. The number of hydrogen-bond donors (Lipinski definition) is 1. The highest BCUT2D eigenvalue weighted by Gasteiger charge is 2.53. The van der Waals surface area contributed by atoms with E-state index in [0.29, 0.717) is 0 Å². The molecule has 1 aromatic heterocycles. The van der Waals surface area contributed by atoms with Gasteiger partial charge >= 0.3 is 5.97 Å². The van der Waals surface area contributed by atoms with Crippen LogP contribution in [0.1, 0.15) is 55.0 Å². The number of carboxylic acids is 1. The molecule has 0 aliphatic heterocycles. The molecule has 5 heteroatoms. The lowest BCUT2D eigenvalue weighted by Crippen LogP contribution is -2.52. The quantitative estimate of drug-likeness (QED) is 0.886. The van der Waals surface area contributed by atoms with Crippen molar-refractivity contribution in [1.29, 1.82) is 0 Å². The Hall–Kier alpha value is -1.39. The zero-order valence-corrected chi connectivity index (χ0v) is 11.2. The third kappa shape index (κ3) is 1.50. The summed E-state index contributed by atoms with van der Waals surface area (Å²) >= 11 is 0. The van der Waals surface area contributed by atoms with E-state index in [-0.39, 0.29) is 11.4 Å². The largest absolute Gasteiger partial charge is 0.475 e. The van der Waals surface area contributed by atoms with Crippen molar-refractivity contribution in [1.82, 2.24) is 14.8 Å². The highest BCUT2D eigenvalue weighted by molar-refractivity contribution is 5.83.